The zero-order valence-electron chi connectivity index (χ0n) is 19.2. The fourth-order valence-corrected chi connectivity index (χ4v) is 4.67. The molecular weight excluding hydrogens is 415 g/mol. The van der Waals surface area contributed by atoms with Crippen LogP contribution in [0.1, 0.15) is 44.3 Å². The molecule has 174 valence electrons. The molecule has 4 rings (SSSR count). The average Bonchev–Trinajstić information content (AvgIpc) is 3.24. The molecule has 2 aliphatic heterocycles. The molecule has 1 unspecified atom stereocenters. The lowest BCUT2D eigenvalue weighted by molar-refractivity contribution is 0.0337. The molecule has 0 radical (unpaired) electrons. The van der Waals surface area contributed by atoms with E-state index in [-0.39, 0.29) is 30.5 Å². The number of aromatic nitrogens is 4. The van der Waals surface area contributed by atoms with Crippen molar-refractivity contribution in [3.63, 3.8) is 0 Å². The van der Waals surface area contributed by atoms with Crippen LogP contribution in [-0.4, -0.2) is 84.8 Å². The first-order valence-corrected chi connectivity index (χ1v) is 10.9. The van der Waals surface area contributed by atoms with Crippen LogP contribution in [-0.2, 0) is 12.1 Å². The second-order valence-electron chi connectivity index (χ2n) is 9.20. The van der Waals surface area contributed by atoms with Crippen molar-refractivity contribution in [3.05, 3.63) is 29.1 Å². The first-order chi connectivity index (χ1) is 15.1. The maximum absolute atomic E-state index is 14.2. The number of aromatic amines is 1. The topological polar surface area (TPSA) is 114 Å². The van der Waals surface area contributed by atoms with Gasteiger partial charge in [0.2, 0.25) is 0 Å². The van der Waals surface area contributed by atoms with Crippen LogP contribution in [0.3, 0.4) is 0 Å². The number of anilines is 2. The molecule has 2 amide bonds. The number of H-pyrrole nitrogens is 1. The van der Waals surface area contributed by atoms with Crippen LogP contribution in [0.2, 0.25) is 0 Å². The third-order valence-electron chi connectivity index (χ3n) is 6.63. The molecule has 0 spiro atoms. The molecular formula is C21H31FN8O2. The van der Waals surface area contributed by atoms with Gasteiger partial charge in [-0.15, -0.1) is 0 Å². The predicted octanol–water partition coefficient (Wildman–Crippen LogP) is 1.95. The summed E-state index contributed by atoms with van der Waals surface area (Å²) in [5.41, 5.74) is 1.01. The number of likely N-dealkylation sites (N-methyl/N-ethyl adjacent to an activating group) is 1. The molecule has 11 heteroatoms. The Morgan fingerprint density at radius 1 is 1.38 bits per heavy atom. The van der Waals surface area contributed by atoms with Gasteiger partial charge >= 0.3 is 6.03 Å². The molecule has 2 aliphatic rings. The highest BCUT2D eigenvalue weighted by atomic mass is 19.1. The van der Waals surface area contributed by atoms with E-state index >= 15 is 0 Å². The Balaban J connectivity index is 1.57. The fraction of sp³-hybridized carbons (Fsp3) is 0.619. The minimum absolute atomic E-state index is 0.0472. The molecule has 32 heavy (non-hydrogen) atoms. The van der Waals surface area contributed by atoms with E-state index in [4.69, 9.17) is 0 Å². The number of carbonyl (C=O) groups is 1. The Hall–Kier alpha value is -2.79. The molecule has 0 bridgehead atoms. The molecule has 10 nitrogen and oxygen atoms in total. The lowest BCUT2D eigenvalue weighted by atomic mass is 10.0. The van der Waals surface area contributed by atoms with Crippen LogP contribution >= 0.6 is 0 Å². The van der Waals surface area contributed by atoms with Crippen LogP contribution in [0.5, 0.6) is 0 Å². The van der Waals surface area contributed by atoms with Crippen molar-refractivity contribution in [2.75, 3.05) is 32.1 Å². The van der Waals surface area contributed by atoms with E-state index in [0.29, 0.717) is 31.2 Å². The smallest absolute Gasteiger partial charge is 0.321 e. The Morgan fingerprint density at radius 2 is 2.12 bits per heavy atom. The number of aryl methyl sites for hydroxylation is 1. The molecule has 2 aromatic rings. The highest BCUT2D eigenvalue weighted by Crippen LogP contribution is 2.42. The van der Waals surface area contributed by atoms with Gasteiger partial charge in [0.15, 0.2) is 17.5 Å². The van der Waals surface area contributed by atoms with E-state index < -0.39 is 11.4 Å². The summed E-state index contributed by atoms with van der Waals surface area (Å²) in [7, 11) is 2.03. The Labute approximate surface area is 186 Å². The number of hydrogen-bond donors (Lipinski definition) is 3. The van der Waals surface area contributed by atoms with Gasteiger partial charge in [-0.2, -0.15) is 5.10 Å². The minimum Gasteiger partial charge on any atom is -0.396 e. The van der Waals surface area contributed by atoms with Gasteiger partial charge in [0.25, 0.3) is 0 Å². The highest BCUT2D eigenvalue weighted by molar-refractivity contribution is 5.78. The Kier molecular flexibility index (Phi) is 5.80. The first kappa shape index (κ1) is 22.4. The monoisotopic (exact) mass is 446 g/mol. The molecule has 3 N–H and O–H groups in total. The average molecular weight is 447 g/mol. The van der Waals surface area contributed by atoms with Gasteiger partial charge in [-0.25, -0.2) is 19.2 Å². The lowest BCUT2D eigenvalue weighted by Crippen LogP contribution is -2.61. The molecule has 2 aromatic heterocycles. The van der Waals surface area contributed by atoms with Crippen molar-refractivity contribution in [2.45, 2.75) is 58.3 Å². The standard InChI is InChI=1S/C21H31FN8O2/c1-12-9-28(5)14(6-7-31)10-29(12)20(32)30-11-15-17(21(30,3)4)26-27-18(15)25-19-16(22)8-23-13(2)24-19/h8,12,14,31H,6-7,9-11H2,1-5H3,(H2,23,24,25,26,27)/t12-,14?/m0/s1. The van der Waals surface area contributed by atoms with E-state index in [1.165, 1.54) is 0 Å². The molecule has 0 saturated carbocycles. The van der Waals surface area contributed by atoms with Crippen molar-refractivity contribution < 1.29 is 14.3 Å². The van der Waals surface area contributed by atoms with Gasteiger partial charge in [-0.05, 0) is 41.2 Å². The number of halogens is 1. The Morgan fingerprint density at radius 3 is 2.84 bits per heavy atom. The number of nitrogens with one attached hydrogen (secondary N) is 2. The number of rotatable bonds is 4. The molecule has 1 saturated heterocycles. The van der Waals surface area contributed by atoms with E-state index in [9.17, 15) is 14.3 Å². The summed E-state index contributed by atoms with van der Waals surface area (Å²) < 4.78 is 14.2. The molecule has 2 atom stereocenters. The largest absolute Gasteiger partial charge is 0.396 e. The highest BCUT2D eigenvalue weighted by Gasteiger charge is 2.46. The summed E-state index contributed by atoms with van der Waals surface area (Å²) in [6, 6.07) is 0.107. The minimum atomic E-state index is -0.616. The molecule has 0 aromatic carbocycles. The summed E-state index contributed by atoms with van der Waals surface area (Å²) in [4.78, 5) is 27.5. The van der Waals surface area contributed by atoms with E-state index in [1.54, 1.807) is 6.92 Å². The van der Waals surface area contributed by atoms with E-state index in [0.717, 1.165) is 24.0 Å². The lowest BCUT2D eigenvalue weighted by Gasteiger charge is -2.46. The third kappa shape index (κ3) is 3.79. The predicted molar refractivity (Wildman–Crippen MR) is 117 cm³/mol. The van der Waals surface area contributed by atoms with Gasteiger partial charge in [0, 0.05) is 37.3 Å². The van der Waals surface area contributed by atoms with Crippen LogP contribution in [0.4, 0.5) is 20.8 Å². The SMILES string of the molecule is Cc1ncc(F)c(Nc2n[nH]c3c2CN(C(=O)N2CC(CCO)N(C)C[C@@H]2C)C3(C)C)n1. The summed E-state index contributed by atoms with van der Waals surface area (Å²) in [6.45, 7) is 9.41. The van der Waals surface area contributed by atoms with Gasteiger partial charge in [-0.3, -0.25) is 10.00 Å². The molecule has 1 fully saturated rings. The van der Waals surface area contributed by atoms with Gasteiger partial charge < -0.3 is 20.2 Å². The van der Waals surface area contributed by atoms with Crippen LogP contribution in [0.15, 0.2) is 6.20 Å². The van der Waals surface area contributed by atoms with Crippen LogP contribution in [0.25, 0.3) is 0 Å². The first-order valence-electron chi connectivity index (χ1n) is 10.9. The molecule has 4 heterocycles. The maximum atomic E-state index is 14.2. The van der Waals surface area contributed by atoms with E-state index in [1.807, 2.05) is 37.6 Å². The van der Waals surface area contributed by atoms with Crippen LogP contribution < -0.4 is 5.32 Å². The number of piperazine rings is 1. The zero-order valence-corrected chi connectivity index (χ0v) is 19.2. The van der Waals surface area contributed by atoms with Gasteiger partial charge in [0.1, 0.15) is 5.82 Å². The van der Waals surface area contributed by atoms with Crippen molar-refractivity contribution in [2.24, 2.45) is 0 Å². The summed E-state index contributed by atoms with van der Waals surface area (Å²) >= 11 is 0. The zero-order chi connectivity index (χ0) is 23.2. The number of fused-ring (bicyclic) bond motifs is 1. The molecule has 0 aliphatic carbocycles. The number of aliphatic hydroxyl groups excluding tert-OH is 1. The van der Waals surface area contributed by atoms with Crippen molar-refractivity contribution in [3.8, 4) is 0 Å². The van der Waals surface area contributed by atoms with Gasteiger partial charge in [-0.1, -0.05) is 0 Å². The van der Waals surface area contributed by atoms with Crippen molar-refractivity contribution in [1.82, 2.24) is 34.9 Å². The Bertz CT molecular complexity index is 1010. The number of nitrogens with zero attached hydrogens (tertiary/aromatic N) is 6. The number of aliphatic hydroxyl groups is 1. The quantitative estimate of drug-likeness (QED) is 0.658. The van der Waals surface area contributed by atoms with Crippen molar-refractivity contribution >= 4 is 17.7 Å². The van der Waals surface area contributed by atoms with E-state index in [2.05, 4.69) is 30.4 Å². The fourth-order valence-electron chi connectivity index (χ4n) is 4.67. The number of hydrogen-bond acceptors (Lipinski definition) is 7. The van der Waals surface area contributed by atoms with Gasteiger partial charge in [0.05, 0.1) is 24.0 Å². The number of urea groups is 1. The second kappa shape index (κ2) is 8.28. The summed E-state index contributed by atoms with van der Waals surface area (Å²) in [6.07, 6.45) is 1.74. The third-order valence-corrected chi connectivity index (χ3v) is 6.63. The number of carbonyl (C=O) groups excluding carboxylic acids is 1. The normalized spacial score (nSPS) is 22.8. The van der Waals surface area contributed by atoms with Crippen molar-refractivity contribution in [1.29, 1.82) is 0 Å². The summed E-state index contributed by atoms with van der Waals surface area (Å²) in [5.74, 6) is 0.373. The number of amides is 2. The van der Waals surface area contributed by atoms with Crippen LogP contribution in [0, 0.1) is 12.7 Å². The maximum Gasteiger partial charge on any atom is 0.321 e. The second-order valence-corrected chi connectivity index (χ2v) is 9.20. The summed E-state index contributed by atoms with van der Waals surface area (Å²) in [5, 5.41) is 19.7.